The highest BCUT2D eigenvalue weighted by Crippen LogP contribution is 2.40. The van der Waals surface area contributed by atoms with Crippen molar-refractivity contribution in [1.29, 1.82) is 0 Å². The van der Waals surface area contributed by atoms with Crippen molar-refractivity contribution in [2.45, 2.75) is 51.9 Å². The molecular weight excluding hydrogens is 460 g/mol. The maximum absolute atomic E-state index is 13.5. The molecule has 3 aliphatic rings. The number of carbonyl (C=O) groups excluding carboxylic acids is 1. The number of nitrogens with zero attached hydrogens (tertiary/aromatic N) is 1. The molecule has 2 aromatic rings. The van der Waals surface area contributed by atoms with Crippen molar-refractivity contribution >= 4 is 11.6 Å². The average Bonchev–Trinajstić information content (AvgIpc) is 3.14. The van der Waals surface area contributed by atoms with Crippen LogP contribution in [0, 0.1) is 19.8 Å². The Labute approximate surface area is 221 Å². The number of amides is 1. The number of allylic oxidation sites excluding steroid dienone is 3. The van der Waals surface area contributed by atoms with Crippen LogP contribution in [-0.4, -0.2) is 50.3 Å². The van der Waals surface area contributed by atoms with Gasteiger partial charge in [0.15, 0.2) is 0 Å². The first-order chi connectivity index (χ1) is 18.1. The summed E-state index contributed by atoms with van der Waals surface area (Å²) < 4.78 is 11.5. The van der Waals surface area contributed by atoms with E-state index in [4.69, 9.17) is 9.47 Å². The van der Waals surface area contributed by atoms with Gasteiger partial charge in [-0.15, -0.1) is 0 Å². The molecule has 0 spiro atoms. The zero-order valence-electron chi connectivity index (χ0n) is 22.3. The number of carbonyl (C=O) groups is 1. The third kappa shape index (κ3) is 6.52. The van der Waals surface area contributed by atoms with Crippen LogP contribution in [0.5, 0.6) is 5.75 Å². The fraction of sp³-hybridized carbons (Fsp3) is 0.469. The third-order valence-corrected chi connectivity index (χ3v) is 8.07. The summed E-state index contributed by atoms with van der Waals surface area (Å²) in [6.45, 7) is 9.19. The Kier molecular flexibility index (Phi) is 8.42. The fourth-order valence-electron chi connectivity index (χ4n) is 5.78. The van der Waals surface area contributed by atoms with Gasteiger partial charge in [-0.3, -0.25) is 9.69 Å². The zero-order valence-corrected chi connectivity index (χ0v) is 22.3. The molecule has 1 N–H and O–H groups in total. The lowest BCUT2D eigenvalue weighted by Gasteiger charge is -2.26. The number of hydrogen-bond acceptors (Lipinski definition) is 4. The lowest BCUT2D eigenvalue weighted by atomic mass is 9.80. The Morgan fingerprint density at radius 1 is 1.00 bits per heavy atom. The SMILES string of the molecule is Cc1ccc(C2C=CC3CCCC(C(=O)Nc4ccc(C)c(OCCN5CCOCC5)c4)=C3CC2)cc1. The Bertz CT molecular complexity index is 1150. The van der Waals surface area contributed by atoms with Gasteiger partial charge in [-0.1, -0.05) is 53.6 Å². The molecule has 0 saturated carbocycles. The molecular formula is C32H40N2O3. The van der Waals surface area contributed by atoms with Crippen molar-refractivity contribution in [3.8, 4) is 5.75 Å². The standard InChI is InChI=1S/C32H40N2O3/c1-23-6-9-25(10-7-23)26-11-12-27-4-3-5-30(29(27)15-13-26)32(35)33-28-14-8-24(2)31(22-28)37-21-18-34-16-19-36-20-17-34/h6-12,14,22,26-27H,3-5,13,15-21H2,1-2H3,(H,33,35). The van der Waals surface area contributed by atoms with Crippen LogP contribution < -0.4 is 10.1 Å². The van der Waals surface area contributed by atoms with Crippen molar-refractivity contribution in [3.63, 3.8) is 0 Å². The van der Waals surface area contributed by atoms with E-state index in [0.717, 1.165) is 87.5 Å². The molecule has 2 aliphatic carbocycles. The van der Waals surface area contributed by atoms with Crippen LogP contribution in [0.4, 0.5) is 5.69 Å². The molecule has 1 heterocycles. The first-order valence-electron chi connectivity index (χ1n) is 13.9. The van der Waals surface area contributed by atoms with Crippen molar-refractivity contribution in [1.82, 2.24) is 4.90 Å². The minimum atomic E-state index is 0.0463. The Hall–Kier alpha value is -2.89. The Morgan fingerprint density at radius 3 is 2.59 bits per heavy atom. The molecule has 5 rings (SSSR count). The summed E-state index contributed by atoms with van der Waals surface area (Å²) in [4.78, 5) is 15.9. The predicted octanol–water partition coefficient (Wildman–Crippen LogP) is 6.18. The van der Waals surface area contributed by atoms with Gasteiger partial charge in [-0.2, -0.15) is 0 Å². The Morgan fingerprint density at radius 2 is 1.78 bits per heavy atom. The lowest BCUT2D eigenvalue weighted by molar-refractivity contribution is -0.113. The second-order valence-corrected chi connectivity index (χ2v) is 10.7. The van der Waals surface area contributed by atoms with E-state index in [1.54, 1.807) is 0 Å². The number of morpholine rings is 1. The maximum Gasteiger partial charge on any atom is 0.251 e. The van der Waals surface area contributed by atoms with E-state index < -0.39 is 0 Å². The minimum Gasteiger partial charge on any atom is -0.492 e. The predicted molar refractivity (Wildman–Crippen MR) is 149 cm³/mol. The quantitative estimate of drug-likeness (QED) is 0.461. The third-order valence-electron chi connectivity index (χ3n) is 8.07. The van der Waals surface area contributed by atoms with Gasteiger partial charge in [0.1, 0.15) is 12.4 Å². The molecule has 5 heteroatoms. The number of aryl methyl sites for hydroxylation is 2. The second-order valence-electron chi connectivity index (χ2n) is 10.7. The summed E-state index contributed by atoms with van der Waals surface area (Å²) in [6.07, 6.45) is 9.82. The van der Waals surface area contributed by atoms with Crippen LogP contribution in [0.2, 0.25) is 0 Å². The first-order valence-corrected chi connectivity index (χ1v) is 13.9. The number of nitrogens with one attached hydrogen (secondary N) is 1. The van der Waals surface area contributed by atoms with Crippen LogP contribution in [0.1, 0.15) is 54.7 Å². The molecule has 0 aromatic heterocycles. The molecule has 2 unspecified atom stereocenters. The molecule has 1 aliphatic heterocycles. The van der Waals surface area contributed by atoms with Gasteiger partial charge in [-0.25, -0.2) is 0 Å². The van der Waals surface area contributed by atoms with E-state index in [1.165, 1.54) is 16.7 Å². The van der Waals surface area contributed by atoms with E-state index in [9.17, 15) is 4.79 Å². The Balaban J connectivity index is 1.24. The number of ether oxygens (including phenoxy) is 2. The molecule has 2 aromatic carbocycles. The molecule has 5 nitrogen and oxygen atoms in total. The van der Waals surface area contributed by atoms with Crippen molar-refractivity contribution < 1.29 is 14.3 Å². The maximum atomic E-state index is 13.5. The largest absolute Gasteiger partial charge is 0.492 e. The smallest absolute Gasteiger partial charge is 0.251 e. The molecule has 1 saturated heterocycles. The van der Waals surface area contributed by atoms with Gasteiger partial charge in [-0.05, 0) is 69.1 Å². The molecule has 196 valence electrons. The summed E-state index contributed by atoms with van der Waals surface area (Å²) >= 11 is 0. The normalized spacial score (nSPS) is 22.3. The molecule has 1 fully saturated rings. The van der Waals surface area contributed by atoms with E-state index >= 15 is 0 Å². The van der Waals surface area contributed by atoms with Crippen molar-refractivity contribution in [2.75, 3.05) is 44.8 Å². The van der Waals surface area contributed by atoms with Gasteiger partial charge >= 0.3 is 0 Å². The monoisotopic (exact) mass is 500 g/mol. The number of anilines is 1. The average molecular weight is 501 g/mol. The van der Waals surface area contributed by atoms with Crippen LogP contribution in [0.25, 0.3) is 0 Å². The van der Waals surface area contributed by atoms with Crippen LogP contribution >= 0.6 is 0 Å². The van der Waals surface area contributed by atoms with Crippen LogP contribution in [-0.2, 0) is 9.53 Å². The van der Waals surface area contributed by atoms with Gasteiger partial charge in [0.05, 0.1) is 13.2 Å². The van der Waals surface area contributed by atoms with E-state index in [2.05, 4.69) is 53.6 Å². The topological polar surface area (TPSA) is 50.8 Å². The lowest BCUT2D eigenvalue weighted by Crippen LogP contribution is -2.38. The van der Waals surface area contributed by atoms with Crippen LogP contribution in [0.15, 0.2) is 65.8 Å². The number of hydrogen-bond donors (Lipinski definition) is 1. The van der Waals surface area contributed by atoms with E-state index in [1.807, 2.05) is 25.1 Å². The second kappa shape index (κ2) is 12.1. The first kappa shape index (κ1) is 25.7. The minimum absolute atomic E-state index is 0.0463. The molecule has 2 atom stereocenters. The number of fused-ring (bicyclic) bond motifs is 1. The summed E-state index contributed by atoms with van der Waals surface area (Å²) in [5.41, 5.74) is 6.86. The summed E-state index contributed by atoms with van der Waals surface area (Å²) in [6, 6.07) is 14.9. The van der Waals surface area contributed by atoms with E-state index in [0.29, 0.717) is 18.4 Å². The molecule has 37 heavy (non-hydrogen) atoms. The number of benzene rings is 2. The number of rotatable bonds is 7. The zero-order chi connectivity index (χ0) is 25.6. The summed E-state index contributed by atoms with van der Waals surface area (Å²) in [5, 5.41) is 3.19. The fourth-order valence-corrected chi connectivity index (χ4v) is 5.78. The van der Waals surface area contributed by atoms with Gasteiger partial charge in [0.2, 0.25) is 0 Å². The van der Waals surface area contributed by atoms with Crippen molar-refractivity contribution in [3.05, 3.63) is 82.5 Å². The molecule has 1 amide bonds. The van der Waals surface area contributed by atoms with E-state index in [-0.39, 0.29) is 5.91 Å². The van der Waals surface area contributed by atoms with Crippen molar-refractivity contribution in [2.24, 2.45) is 5.92 Å². The highest BCUT2D eigenvalue weighted by molar-refractivity contribution is 6.04. The van der Waals surface area contributed by atoms with Gasteiger partial charge < -0.3 is 14.8 Å². The highest BCUT2D eigenvalue weighted by Gasteiger charge is 2.28. The van der Waals surface area contributed by atoms with Gasteiger partial charge in [0.25, 0.3) is 5.91 Å². The molecule has 0 bridgehead atoms. The summed E-state index contributed by atoms with van der Waals surface area (Å²) in [7, 11) is 0. The summed E-state index contributed by atoms with van der Waals surface area (Å²) in [5.74, 6) is 1.67. The van der Waals surface area contributed by atoms with Crippen LogP contribution in [0.3, 0.4) is 0 Å². The highest BCUT2D eigenvalue weighted by atomic mass is 16.5. The van der Waals surface area contributed by atoms with Gasteiger partial charge in [0, 0.05) is 42.9 Å². The molecule has 0 radical (unpaired) electrons.